The zero-order chi connectivity index (χ0) is 26.5. The average molecular weight is 530 g/mol. The van der Waals surface area contributed by atoms with Gasteiger partial charge in [-0.15, -0.1) is 0 Å². The molecular weight excluding hydrogens is 501 g/mol. The minimum atomic E-state index is -0.412. The summed E-state index contributed by atoms with van der Waals surface area (Å²) < 4.78 is 14.8. The highest BCUT2D eigenvalue weighted by atomic mass is 32.2. The number of halogens is 1. The summed E-state index contributed by atoms with van der Waals surface area (Å²) in [4.78, 5) is 44.0. The van der Waals surface area contributed by atoms with Gasteiger partial charge in [-0.2, -0.15) is 0 Å². The fourth-order valence-electron chi connectivity index (χ4n) is 4.72. The lowest BCUT2D eigenvalue weighted by Crippen LogP contribution is -2.36. The van der Waals surface area contributed by atoms with Crippen LogP contribution in [0, 0.1) is 5.82 Å². The minimum absolute atomic E-state index is 0.0280. The van der Waals surface area contributed by atoms with Crippen molar-refractivity contribution in [2.75, 3.05) is 5.75 Å². The van der Waals surface area contributed by atoms with Crippen molar-refractivity contribution in [1.29, 1.82) is 0 Å². The molecule has 38 heavy (non-hydrogen) atoms. The van der Waals surface area contributed by atoms with Crippen LogP contribution in [-0.2, 0) is 6.54 Å². The number of aromatic nitrogens is 2. The van der Waals surface area contributed by atoms with Gasteiger partial charge in [-0.3, -0.25) is 19.0 Å². The number of hydrogen-bond donors (Lipinski definition) is 1. The molecule has 3 aromatic carbocycles. The highest BCUT2D eigenvalue weighted by molar-refractivity contribution is 7.99. The van der Waals surface area contributed by atoms with Crippen molar-refractivity contribution in [2.45, 2.75) is 49.8 Å². The Balaban J connectivity index is 1.46. The summed E-state index contributed by atoms with van der Waals surface area (Å²) in [6, 6.07) is 20.1. The average Bonchev–Trinajstić information content (AvgIpc) is 2.94. The molecule has 0 radical (unpaired) electrons. The van der Waals surface area contributed by atoms with Crippen LogP contribution in [0.2, 0.25) is 0 Å². The predicted octanol–water partition coefficient (Wildman–Crippen LogP) is 5.62. The lowest BCUT2D eigenvalue weighted by molar-refractivity contribution is 0.0927. The molecule has 6 nitrogen and oxygen atoms in total. The molecular formula is C30H28FN3O3S. The second kappa shape index (κ2) is 11.7. The number of carbonyl (C=O) groups excluding carboxylic acids is 2. The Labute approximate surface area is 224 Å². The summed E-state index contributed by atoms with van der Waals surface area (Å²) in [5.41, 5.74) is 1.93. The number of nitrogens with one attached hydrogen (secondary N) is 1. The maximum Gasteiger partial charge on any atom is 0.262 e. The normalized spacial score (nSPS) is 13.9. The molecule has 0 bridgehead atoms. The second-order valence-corrected chi connectivity index (χ2v) is 10.5. The first-order valence-electron chi connectivity index (χ1n) is 12.8. The van der Waals surface area contributed by atoms with Crippen LogP contribution >= 0.6 is 11.8 Å². The SMILES string of the molecule is O=C(CSc1nc2cc(C(=O)NC3CCCCC3)ccc2c(=O)n1Cc1ccccc1)c1ccc(F)cc1. The molecule has 5 rings (SSSR count). The van der Waals surface area contributed by atoms with Crippen LogP contribution in [0.5, 0.6) is 0 Å². The van der Waals surface area contributed by atoms with Crippen molar-refractivity contribution in [3.63, 3.8) is 0 Å². The van der Waals surface area contributed by atoms with Crippen molar-refractivity contribution in [1.82, 2.24) is 14.9 Å². The van der Waals surface area contributed by atoms with E-state index >= 15 is 0 Å². The van der Waals surface area contributed by atoms with Crippen LogP contribution in [-0.4, -0.2) is 33.0 Å². The zero-order valence-electron chi connectivity index (χ0n) is 20.9. The van der Waals surface area contributed by atoms with Crippen molar-refractivity contribution < 1.29 is 14.0 Å². The van der Waals surface area contributed by atoms with Crippen molar-refractivity contribution in [3.8, 4) is 0 Å². The van der Waals surface area contributed by atoms with Gasteiger partial charge in [-0.25, -0.2) is 9.37 Å². The molecule has 1 aliphatic rings. The van der Waals surface area contributed by atoms with Gasteiger partial charge in [-0.05, 0) is 60.9 Å². The van der Waals surface area contributed by atoms with Crippen molar-refractivity contribution >= 4 is 34.4 Å². The molecule has 0 spiro atoms. The Kier molecular flexibility index (Phi) is 7.98. The minimum Gasteiger partial charge on any atom is -0.349 e. The number of amides is 1. The summed E-state index contributed by atoms with van der Waals surface area (Å²) in [7, 11) is 0. The number of carbonyl (C=O) groups is 2. The quantitative estimate of drug-likeness (QED) is 0.182. The molecule has 4 aromatic rings. The Morgan fingerprint density at radius 1 is 0.947 bits per heavy atom. The first-order valence-corrected chi connectivity index (χ1v) is 13.8. The summed E-state index contributed by atoms with van der Waals surface area (Å²) in [6.07, 6.45) is 5.38. The first-order chi connectivity index (χ1) is 18.5. The Morgan fingerprint density at radius 3 is 2.39 bits per heavy atom. The van der Waals surface area contributed by atoms with E-state index in [1.54, 1.807) is 22.8 Å². The Hall–Kier alpha value is -3.78. The molecule has 0 aliphatic heterocycles. The Morgan fingerprint density at radius 2 is 1.66 bits per heavy atom. The molecule has 0 atom stereocenters. The van der Waals surface area contributed by atoms with Crippen LogP contribution in [0.4, 0.5) is 4.39 Å². The van der Waals surface area contributed by atoms with E-state index in [9.17, 15) is 18.8 Å². The number of hydrogen-bond acceptors (Lipinski definition) is 5. The van der Waals surface area contributed by atoms with E-state index in [4.69, 9.17) is 4.98 Å². The summed E-state index contributed by atoms with van der Waals surface area (Å²) in [5, 5.41) is 3.90. The third-order valence-corrected chi connectivity index (χ3v) is 7.78. The number of thioether (sulfide) groups is 1. The topological polar surface area (TPSA) is 81.1 Å². The molecule has 1 amide bonds. The molecule has 1 aromatic heterocycles. The van der Waals surface area contributed by atoms with E-state index in [-0.39, 0.29) is 29.0 Å². The van der Waals surface area contributed by atoms with Crippen LogP contribution < -0.4 is 10.9 Å². The predicted molar refractivity (Wildman–Crippen MR) is 147 cm³/mol. The van der Waals surface area contributed by atoms with E-state index in [1.807, 2.05) is 30.3 Å². The summed E-state index contributed by atoms with van der Waals surface area (Å²) in [6.45, 7) is 0.291. The van der Waals surface area contributed by atoms with E-state index < -0.39 is 5.82 Å². The molecule has 1 fully saturated rings. The smallest absolute Gasteiger partial charge is 0.262 e. The number of rotatable bonds is 8. The first kappa shape index (κ1) is 25.9. The molecule has 1 saturated carbocycles. The van der Waals surface area contributed by atoms with Crippen LogP contribution in [0.3, 0.4) is 0 Å². The van der Waals surface area contributed by atoms with Gasteiger partial charge in [0.05, 0.1) is 23.2 Å². The molecule has 1 heterocycles. The number of Topliss-reactive ketones (excluding diaryl/α,β-unsaturated/α-hetero) is 1. The highest BCUT2D eigenvalue weighted by Crippen LogP contribution is 2.22. The molecule has 0 unspecified atom stereocenters. The van der Waals surface area contributed by atoms with Crippen LogP contribution in [0.25, 0.3) is 10.9 Å². The third kappa shape index (κ3) is 6.02. The summed E-state index contributed by atoms with van der Waals surface area (Å²) in [5.74, 6) is -0.753. The van der Waals surface area contributed by atoms with Gasteiger partial charge in [0.25, 0.3) is 11.5 Å². The molecule has 1 N–H and O–H groups in total. The highest BCUT2D eigenvalue weighted by Gasteiger charge is 2.19. The van der Waals surface area contributed by atoms with Gasteiger partial charge in [0.15, 0.2) is 10.9 Å². The van der Waals surface area contributed by atoms with E-state index in [1.165, 1.54) is 30.7 Å². The lowest BCUT2D eigenvalue weighted by Gasteiger charge is -2.22. The number of ketones is 1. The lowest BCUT2D eigenvalue weighted by atomic mass is 9.95. The van der Waals surface area contributed by atoms with Gasteiger partial charge in [-0.1, -0.05) is 61.4 Å². The van der Waals surface area contributed by atoms with Gasteiger partial charge in [0, 0.05) is 17.2 Å². The zero-order valence-corrected chi connectivity index (χ0v) is 21.7. The maximum atomic E-state index is 13.6. The summed E-state index contributed by atoms with van der Waals surface area (Å²) >= 11 is 1.15. The molecule has 0 saturated heterocycles. The maximum absolute atomic E-state index is 13.6. The van der Waals surface area contributed by atoms with Crippen molar-refractivity contribution in [3.05, 3.63) is 106 Å². The van der Waals surface area contributed by atoms with Crippen LogP contribution in [0.1, 0.15) is 58.4 Å². The van der Waals surface area contributed by atoms with E-state index in [0.717, 1.165) is 43.0 Å². The largest absolute Gasteiger partial charge is 0.349 e. The molecule has 8 heteroatoms. The third-order valence-electron chi connectivity index (χ3n) is 6.80. The van der Waals surface area contributed by atoms with Crippen molar-refractivity contribution in [2.24, 2.45) is 0 Å². The Bertz CT molecular complexity index is 1510. The number of fused-ring (bicyclic) bond motifs is 1. The van der Waals surface area contributed by atoms with Gasteiger partial charge >= 0.3 is 0 Å². The fourth-order valence-corrected chi connectivity index (χ4v) is 5.62. The second-order valence-electron chi connectivity index (χ2n) is 9.53. The monoisotopic (exact) mass is 529 g/mol. The van der Waals surface area contributed by atoms with Crippen LogP contribution in [0.15, 0.2) is 82.7 Å². The van der Waals surface area contributed by atoms with E-state index in [0.29, 0.717) is 33.7 Å². The van der Waals surface area contributed by atoms with Gasteiger partial charge < -0.3 is 5.32 Å². The van der Waals surface area contributed by atoms with Gasteiger partial charge in [0.2, 0.25) is 0 Å². The number of nitrogens with zero attached hydrogens (tertiary/aromatic N) is 2. The molecule has 194 valence electrons. The standard InChI is InChI=1S/C30H28FN3O3S/c31-23-14-11-21(12-15-23)27(35)19-38-30-33-26-17-22(28(36)32-24-9-5-2-6-10-24)13-16-25(26)29(37)34(30)18-20-7-3-1-4-8-20/h1,3-4,7-8,11-17,24H,2,5-6,9-10,18-19H2,(H,32,36). The number of benzene rings is 3. The van der Waals surface area contributed by atoms with Gasteiger partial charge in [0.1, 0.15) is 5.82 Å². The molecule has 1 aliphatic carbocycles. The van der Waals surface area contributed by atoms with E-state index in [2.05, 4.69) is 5.32 Å². The fraction of sp³-hybridized carbons (Fsp3) is 0.267.